The zero-order valence-electron chi connectivity index (χ0n) is 12.4. The lowest BCUT2D eigenvalue weighted by Crippen LogP contribution is -1.99. The van der Waals surface area contributed by atoms with Crippen molar-refractivity contribution in [2.24, 2.45) is 0 Å². The number of hydrogen-bond acceptors (Lipinski definition) is 6. The Balaban J connectivity index is 1.56. The maximum Gasteiger partial charge on any atom is 0.258 e. The molecule has 1 aliphatic heterocycles. The molecule has 0 unspecified atom stereocenters. The van der Waals surface area contributed by atoms with E-state index in [9.17, 15) is 0 Å². The second-order valence-electron chi connectivity index (χ2n) is 5.33. The molecule has 0 N–H and O–H groups in total. The SMILES string of the molecule is c1cc(Oc2ccncc2)cc(-c2nc([C@@H]3CCOC3)no2)c1. The zero-order chi connectivity index (χ0) is 15.5. The van der Waals surface area contributed by atoms with Crippen molar-refractivity contribution in [3.05, 3.63) is 54.6 Å². The van der Waals surface area contributed by atoms with Crippen LogP contribution in [0.5, 0.6) is 11.5 Å². The van der Waals surface area contributed by atoms with Crippen molar-refractivity contribution in [3.8, 4) is 23.0 Å². The minimum atomic E-state index is 0.226. The molecule has 3 aromatic rings. The van der Waals surface area contributed by atoms with Gasteiger partial charge >= 0.3 is 0 Å². The lowest BCUT2D eigenvalue weighted by atomic mass is 10.1. The number of pyridine rings is 1. The molecule has 1 aromatic carbocycles. The standard InChI is InChI=1S/C17H15N3O3/c1-2-12(10-15(3-1)22-14-4-7-18-8-5-14)17-19-16(20-23-17)13-6-9-21-11-13/h1-5,7-8,10,13H,6,9,11H2/t13-/m1/s1. The normalized spacial score (nSPS) is 17.3. The Bertz CT molecular complexity index is 783. The molecule has 0 saturated carbocycles. The second-order valence-corrected chi connectivity index (χ2v) is 5.33. The molecule has 0 spiro atoms. The average molecular weight is 309 g/mol. The molecule has 1 atom stereocenters. The number of rotatable bonds is 4. The number of nitrogens with zero attached hydrogens (tertiary/aromatic N) is 3. The van der Waals surface area contributed by atoms with Crippen molar-refractivity contribution in [2.75, 3.05) is 13.2 Å². The highest BCUT2D eigenvalue weighted by atomic mass is 16.5. The molecule has 0 radical (unpaired) electrons. The first-order valence-electron chi connectivity index (χ1n) is 7.48. The van der Waals surface area contributed by atoms with Crippen LogP contribution in [0.25, 0.3) is 11.5 Å². The Hall–Kier alpha value is -2.73. The first-order valence-corrected chi connectivity index (χ1v) is 7.48. The van der Waals surface area contributed by atoms with Gasteiger partial charge in [0, 0.05) is 30.5 Å². The fourth-order valence-corrected chi connectivity index (χ4v) is 2.49. The van der Waals surface area contributed by atoms with Gasteiger partial charge in [-0.25, -0.2) is 0 Å². The predicted octanol–water partition coefficient (Wildman–Crippen LogP) is 3.43. The molecule has 1 saturated heterocycles. The monoisotopic (exact) mass is 309 g/mol. The van der Waals surface area contributed by atoms with Gasteiger partial charge in [-0.1, -0.05) is 11.2 Å². The fraction of sp³-hybridized carbons (Fsp3) is 0.235. The molecular formula is C17H15N3O3. The molecule has 116 valence electrons. The smallest absolute Gasteiger partial charge is 0.258 e. The second kappa shape index (κ2) is 6.18. The van der Waals surface area contributed by atoms with Crippen LogP contribution < -0.4 is 4.74 Å². The summed E-state index contributed by atoms with van der Waals surface area (Å²) in [5, 5.41) is 4.07. The molecular weight excluding hydrogens is 294 g/mol. The number of hydrogen-bond donors (Lipinski definition) is 0. The van der Waals surface area contributed by atoms with E-state index in [1.807, 2.05) is 24.3 Å². The van der Waals surface area contributed by atoms with Crippen molar-refractivity contribution < 1.29 is 14.0 Å². The van der Waals surface area contributed by atoms with E-state index < -0.39 is 0 Å². The molecule has 6 heteroatoms. The van der Waals surface area contributed by atoms with E-state index in [1.165, 1.54) is 0 Å². The highest BCUT2D eigenvalue weighted by Gasteiger charge is 2.23. The van der Waals surface area contributed by atoms with Gasteiger partial charge < -0.3 is 14.0 Å². The summed E-state index contributed by atoms with van der Waals surface area (Å²) < 4.78 is 16.5. The van der Waals surface area contributed by atoms with Gasteiger partial charge in [0.05, 0.1) is 6.61 Å². The van der Waals surface area contributed by atoms with Crippen LogP contribution in [-0.2, 0) is 4.74 Å². The summed E-state index contributed by atoms with van der Waals surface area (Å²) in [4.78, 5) is 8.46. The third-order valence-corrected chi connectivity index (χ3v) is 3.70. The summed E-state index contributed by atoms with van der Waals surface area (Å²) in [6.45, 7) is 1.41. The highest BCUT2D eigenvalue weighted by Crippen LogP contribution is 2.28. The number of ether oxygens (including phenoxy) is 2. The van der Waals surface area contributed by atoms with Crippen LogP contribution in [-0.4, -0.2) is 28.3 Å². The summed E-state index contributed by atoms with van der Waals surface area (Å²) >= 11 is 0. The molecule has 6 nitrogen and oxygen atoms in total. The van der Waals surface area contributed by atoms with Crippen molar-refractivity contribution >= 4 is 0 Å². The van der Waals surface area contributed by atoms with Crippen molar-refractivity contribution in [3.63, 3.8) is 0 Å². The maximum atomic E-state index is 5.80. The summed E-state index contributed by atoms with van der Waals surface area (Å²) in [5.74, 6) is 2.86. The first-order chi connectivity index (χ1) is 11.4. The molecule has 1 aliphatic rings. The number of aromatic nitrogens is 3. The quantitative estimate of drug-likeness (QED) is 0.735. The Morgan fingerprint density at radius 3 is 2.83 bits per heavy atom. The van der Waals surface area contributed by atoms with E-state index >= 15 is 0 Å². The predicted molar refractivity (Wildman–Crippen MR) is 82.2 cm³/mol. The molecule has 0 aliphatic carbocycles. The molecule has 4 rings (SSSR count). The van der Waals surface area contributed by atoms with Crippen molar-refractivity contribution in [2.45, 2.75) is 12.3 Å². The largest absolute Gasteiger partial charge is 0.457 e. The molecule has 3 heterocycles. The Morgan fingerprint density at radius 2 is 2.00 bits per heavy atom. The molecule has 1 fully saturated rings. The first kappa shape index (κ1) is 13.9. The fourth-order valence-electron chi connectivity index (χ4n) is 2.49. The molecule has 2 aromatic heterocycles. The minimum Gasteiger partial charge on any atom is -0.457 e. The maximum absolute atomic E-state index is 5.80. The van der Waals surface area contributed by atoms with Crippen LogP contribution in [0.3, 0.4) is 0 Å². The van der Waals surface area contributed by atoms with Gasteiger partial charge in [0.1, 0.15) is 11.5 Å². The Kier molecular flexibility index (Phi) is 3.73. The van der Waals surface area contributed by atoms with Gasteiger partial charge in [-0.05, 0) is 36.8 Å². The van der Waals surface area contributed by atoms with E-state index in [2.05, 4.69) is 15.1 Å². The van der Waals surface area contributed by atoms with Gasteiger partial charge in [0.25, 0.3) is 5.89 Å². The lowest BCUT2D eigenvalue weighted by Gasteiger charge is -2.05. The Labute approximate surface area is 133 Å². The van der Waals surface area contributed by atoms with Crippen LogP contribution in [0.4, 0.5) is 0 Å². The molecule has 0 amide bonds. The van der Waals surface area contributed by atoms with Gasteiger partial charge in [0.15, 0.2) is 5.82 Å². The van der Waals surface area contributed by atoms with Crippen LogP contribution >= 0.6 is 0 Å². The van der Waals surface area contributed by atoms with E-state index in [-0.39, 0.29) is 5.92 Å². The van der Waals surface area contributed by atoms with Crippen molar-refractivity contribution in [1.29, 1.82) is 0 Å². The van der Waals surface area contributed by atoms with Gasteiger partial charge in [-0.2, -0.15) is 4.98 Å². The van der Waals surface area contributed by atoms with Crippen LogP contribution in [0, 0.1) is 0 Å². The van der Waals surface area contributed by atoms with E-state index in [0.717, 1.165) is 24.3 Å². The van der Waals surface area contributed by atoms with Gasteiger partial charge in [0.2, 0.25) is 0 Å². The van der Waals surface area contributed by atoms with Crippen LogP contribution in [0.1, 0.15) is 18.2 Å². The van der Waals surface area contributed by atoms with Gasteiger partial charge in [-0.3, -0.25) is 4.98 Å². The summed E-state index contributed by atoms with van der Waals surface area (Å²) in [7, 11) is 0. The summed E-state index contributed by atoms with van der Waals surface area (Å²) in [5.41, 5.74) is 0.828. The van der Waals surface area contributed by atoms with Crippen LogP contribution in [0.2, 0.25) is 0 Å². The average Bonchev–Trinajstić information content (AvgIpc) is 3.28. The molecule has 0 bridgehead atoms. The third-order valence-electron chi connectivity index (χ3n) is 3.70. The van der Waals surface area contributed by atoms with Gasteiger partial charge in [-0.15, -0.1) is 0 Å². The number of benzene rings is 1. The van der Waals surface area contributed by atoms with E-state index in [1.54, 1.807) is 24.5 Å². The van der Waals surface area contributed by atoms with E-state index in [4.69, 9.17) is 14.0 Å². The highest BCUT2D eigenvalue weighted by molar-refractivity contribution is 5.56. The third kappa shape index (κ3) is 3.07. The zero-order valence-corrected chi connectivity index (χ0v) is 12.4. The minimum absolute atomic E-state index is 0.226. The summed E-state index contributed by atoms with van der Waals surface area (Å²) in [6.07, 6.45) is 4.31. The summed E-state index contributed by atoms with van der Waals surface area (Å²) in [6, 6.07) is 11.2. The van der Waals surface area contributed by atoms with Crippen LogP contribution in [0.15, 0.2) is 53.3 Å². The Morgan fingerprint density at radius 1 is 1.09 bits per heavy atom. The lowest BCUT2D eigenvalue weighted by molar-refractivity contribution is 0.192. The van der Waals surface area contributed by atoms with E-state index in [0.29, 0.717) is 24.1 Å². The van der Waals surface area contributed by atoms with Crippen molar-refractivity contribution in [1.82, 2.24) is 15.1 Å². The topological polar surface area (TPSA) is 70.3 Å². The molecule has 23 heavy (non-hydrogen) atoms.